The molecule has 2 N–H and O–H groups in total. The van der Waals surface area contributed by atoms with Crippen LogP contribution in [0, 0.1) is 0 Å². The predicted molar refractivity (Wildman–Crippen MR) is 165 cm³/mol. The lowest BCUT2D eigenvalue weighted by molar-refractivity contribution is 0.103. The summed E-state index contributed by atoms with van der Waals surface area (Å²) in [6.07, 6.45) is 0. The molecule has 0 aromatic heterocycles. The lowest BCUT2D eigenvalue weighted by Gasteiger charge is -2.26. The Labute approximate surface area is 236 Å². The summed E-state index contributed by atoms with van der Waals surface area (Å²) in [5.41, 5.74) is 12.6. The van der Waals surface area contributed by atoms with E-state index in [-0.39, 0.29) is 38.9 Å². The van der Waals surface area contributed by atoms with E-state index >= 15 is 0 Å². The fourth-order valence-electron chi connectivity index (χ4n) is 4.52. The molecule has 0 aliphatic heterocycles. The zero-order valence-corrected chi connectivity index (χ0v) is 26.1. The van der Waals surface area contributed by atoms with Gasteiger partial charge in [0.15, 0.2) is 11.6 Å². The van der Waals surface area contributed by atoms with Crippen LogP contribution in [0.2, 0.25) is 0 Å². The summed E-state index contributed by atoms with van der Waals surface area (Å²) in [4.78, 5) is 27.8. The molecule has 0 aliphatic carbocycles. The number of carbonyl (C=O) groups excluding carboxylic acids is 2. The minimum absolute atomic E-state index is 0.123. The second-order valence-electron chi connectivity index (χ2n) is 15.0. The van der Waals surface area contributed by atoms with Gasteiger partial charge in [-0.15, -0.1) is 0 Å². The summed E-state index contributed by atoms with van der Waals surface area (Å²) < 4.78 is 0. The lowest BCUT2D eigenvalue weighted by atomic mass is 9.78. The molecule has 3 nitrogen and oxygen atoms in total. The van der Waals surface area contributed by atoms with Gasteiger partial charge in [0.2, 0.25) is 0 Å². The Morgan fingerprint density at radius 2 is 0.744 bits per heavy atom. The molecule has 0 heterocycles. The molecule has 0 bridgehead atoms. The highest BCUT2D eigenvalue weighted by Crippen LogP contribution is 2.34. The number of rotatable bonds is 4. The van der Waals surface area contributed by atoms with Crippen molar-refractivity contribution < 1.29 is 9.59 Å². The smallest absolute Gasteiger partial charge is 0.195 e. The molecule has 0 amide bonds. The van der Waals surface area contributed by atoms with E-state index in [1.807, 2.05) is 24.3 Å². The average Bonchev–Trinajstić information content (AvgIpc) is 2.80. The van der Waals surface area contributed by atoms with E-state index in [4.69, 9.17) is 5.73 Å². The molecule has 0 spiro atoms. The monoisotopic (exact) mass is 525 g/mol. The Hall–Kier alpha value is -3.20. The van der Waals surface area contributed by atoms with Gasteiger partial charge in [0, 0.05) is 22.3 Å². The second-order valence-corrected chi connectivity index (χ2v) is 15.0. The number of hydrogen-bond donors (Lipinski definition) is 1. The van der Waals surface area contributed by atoms with Crippen molar-refractivity contribution in [2.45, 2.75) is 105 Å². The van der Waals surface area contributed by atoms with Crippen LogP contribution in [0.25, 0.3) is 0 Å². The van der Waals surface area contributed by atoms with Gasteiger partial charge in [-0.3, -0.25) is 9.59 Å². The Morgan fingerprint density at radius 3 is 0.974 bits per heavy atom. The van der Waals surface area contributed by atoms with Crippen molar-refractivity contribution in [1.82, 2.24) is 0 Å². The highest BCUT2D eigenvalue weighted by molar-refractivity contribution is 6.18. The van der Waals surface area contributed by atoms with Crippen molar-refractivity contribution >= 4 is 17.3 Å². The number of carbonyl (C=O) groups is 2. The molecule has 3 aromatic carbocycles. The van der Waals surface area contributed by atoms with Crippen LogP contribution >= 0.6 is 0 Å². The summed E-state index contributed by atoms with van der Waals surface area (Å²) in [5, 5.41) is 0. The maximum absolute atomic E-state index is 13.9. The van der Waals surface area contributed by atoms with Crippen molar-refractivity contribution in [1.29, 1.82) is 0 Å². The van der Waals surface area contributed by atoms with Gasteiger partial charge in [-0.05, 0) is 80.3 Å². The number of para-hydroxylation sites is 1. The topological polar surface area (TPSA) is 60.2 Å². The highest BCUT2D eigenvalue weighted by Gasteiger charge is 2.26. The van der Waals surface area contributed by atoms with Crippen LogP contribution in [0.1, 0.15) is 137 Å². The molecule has 0 saturated heterocycles. The molecule has 0 atom stereocenters. The van der Waals surface area contributed by atoms with E-state index in [9.17, 15) is 9.59 Å². The number of ketones is 2. The van der Waals surface area contributed by atoms with Crippen molar-refractivity contribution in [2.24, 2.45) is 0 Å². The van der Waals surface area contributed by atoms with E-state index in [1.54, 1.807) is 18.2 Å². The molecule has 0 fully saturated rings. The average molecular weight is 526 g/mol. The van der Waals surface area contributed by atoms with E-state index in [1.165, 1.54) is 0 Å². The lowest BCUT2D eigenvalue weighted by Crippen LogP contribution is -2.19. The predicted octanol–water partition coefficient (Wildman–Crippen LogP) is 8.92. The first kappa shape index (κ1) is 30.3. The number of nitrogen functional groups attached to an aromatic ring is 1. The van der Waals surface area contributed by atoms with Crippen molar-refractivity contribution in [3.63, 3.8) is 0 Å². The van der Waals surface area contributed by atoms with E-state index in [0.717, 1.165) is 22.3 Å². The number of hydrogen-bond acceptors (Lipinski definition) is 3. The van der Waals surface area contributed by atoms with Crippen LogP contribution in [0.15, 0.2) is 54.6 Å². The van der Waals surface area contributed by atoms with E-state index in [0.29, 0.717) is 22.3 Å². The van der Waals surface area contributed by atoms with Gasteiger partial charge >= 0.3 is 0 Å². The van der Waals surface area contributed by atoms with Gasteiger partial charge in [-0.2, -0.15) is 0 Å². The van der Waals surface area contributed by atoms with Crippen LogP contribution in [-0.4, -0.2) is 11.6 Å². The van der Waals surface area contributed by atoms with Crippen molar-refractivity contribution in [3.05, 3.63) is 99.1 Å². The van der Waals surface area contributed by atoms with Crippen molar-refractivity contribution in [2.75, 3.05) is 5.73 Å². The summed E-state index contributed by atoms with van der Waals surface area (Å²) >= 11 is 0. The molecule has 0 saturated carbocycles. The highest BCUT2D eigenvalue weighted by atomic mass is 16.1. The number of anilines is 1. The van der Waals surface area contributed by atoms with Gasteiger partial charge in [0.1, 0.15) is 0 Å². The molecular formula is C36H47NO2. The standard InChI is InChI=1S/C36H47NO2/c1-33(2,3)24-16-22(17-25(20-24)34(4,5)6)31(38)28-14-13-15-29(30(28)37)32(39)23-18-26(35(7,8)9)21-27(19-23)36(10,11)12/h13-21H,37H2,1-12H3. The molecule has 39 heavy (non-hydrogen) atoms. The number of nitrogens with two attached hydrogens (primary N) is 1. The molecule has 3 aromatic rings. The molecule has 3 heteroatoms. The number of benzene rings is 3. The third kappa shape index (κ3) is 6.69. The van der Waals surface area contributed by atoms with Crippen LogP contribution in [0.3, 0.4) is 0 Å². The normalized spacial score (nSPS) is 12.9. The minimum atomic E-state index is -0.169. The Morgan fingerprint density at radius 1 is 0.487 bits per heavy atom. The third-order valence-corrected chi connectivity index (χ3v) is 7.45. The fourth-order valence-corrected chi connectivity index (χ4v) is 4.52. The zero-order valence-electron chi connectivity index (χ0n) is 26.1. The summed E-state index contributed by atoms with van der Waals surface area (Å²) in [6.45, 7) is 25.8. The molecule has 0 aliphatic rings. The Balaban J connectivity index is 2.16. The largest absolute Gasteiger partial charge is 0.398 e. The first-order valence-electron chi connectivity index (χ1n) is 13.9. The summed E-state index contributed by atoms with van der Waals surface area (Å²) in [5.74, 6) is -0.338. The maximum Gasteiger partial charge on any atom is 0.195 e. The van der Waals surface area contributed by atoms with Gasteiger partial charge in [-0.25, -0.2) is 0 Å². The quantitative estimate of drug-likeness (QED) is 0.273. The van der Waals surface area contributed by atoms with Gasteiger partial charge in [0.05, 0.1) is 5.69 Å². The minimum Gasteiger partial charge on any atom is -0.398 e. The van der Waals surface area contributed by atoms with Crippen LogP contribution in [0.5, 0.6) is 0 Å². The third-order valence-electron chi connectivity index (χ3n) is 7.45. The zero-order chi connectivity index (χ0) is 29.7. The van der Waals surface area contributed by atoms with Gasteiger partial charge in [-0.1, -0.05) is 101 Å². The van der Waals surface area contributed by atoms with Gasteiger partial charge < -0.3 is 5.73 Å². The van der Waals surface area contributed by atoms with Gasteiger partial charge in [0.25, 0.3) is 0 Å². The van der Waals surface area contributed by atoms with E-state index < -0.39 is 0 Å². The maximum atomic E-state index is 13.9. The summed E-state index contributed by atoms with van der Waals surface area (Å²) in [6, 6.07) is 17.4. The summed E-state index contributed by atoms with van der Waals surface area (Å²) in [7, 11) is 0. The second kappa shape index (κ2) is 10.1. The first-order valence-corrected chi connectivity index (χ1v) is 13.9. The SMILES string of the molecule is CC(C)(C)c1cc(C(=O)c2cccc(C(=O)c3cc(C(C)(C)C)cc(C(C)(C)C)c3)c2N)cc(C(C)(C)C)c1. The van der Waals surface area contributed by atoms with E-state index in [2.05, 4.69) is 95.2 Å². The Bertz CT molecular complexity index is 1240. The van der Waals surface area contributed by atoms with Crippen molar-refractivity contribution in [3.8, 4) is 0 Å². The van der Waals surface area contributed by atoms with Crippen LogP contribution in [0.4, 0.5) is 5.69 Å². The molecule has 3 rings (SSSR count). The molecule has 208 valence electrons. The molecular weight excluding hydrogens is 478 g/mol. The first-order chi connectivity index (χ1) is 17.6. The molecule has 0 unspecified atom stereocenters. The molecule has 0 radical (unpaired) electrons. The fraction of sp³-hybridized carbons (Fsp3) is 0.444. The Kier molecular flexibility index (Phi) is 7.84. The van der Waals surface area contributed by atoms with Crippen LogP contribution < -0.4 is 5.73 Å². The van der Waals surface area contributed by atoms with Crippen LogP contribution in [-0.2, 0) is 21.7 Å².